The van der Waals surface area contributed by atoms with Crippen LogP contribution < -0.4 is 10.5 Å². The molecule has 4 nitrogen and oxygen atoms in total. The number of alkyl halides is 2. The fourth-order valence-electron chi connectivity index (χ4n) is 2.40. The smallest absolute Gasteiger partial charge is 0.387 e. The molecule has 0 spiro atoms. The Morgan fingerprint density at radius 1 is 1.40 bits per heavy atom. The molecule has 0 saturated carbocycles. The minimum atomic E-state index is -2.86. The van der Waals surface area contributed by atoms with E-state index in [9.17, 15) is 13.6 Å². The predicted molar refractivity (Wildman–Crippen MR) is 70.8 cm³/mol. The highest BCUT2D eigenvalue weighted by Gasteiger charge is 2.23. The van der Waals surface area contributed by atoms with Crippen LogP contribution in [0.25, 0.3) is 0 Å². The summed E-state index contributed by atoms with van der Waals surface area (Å²) in [5.74, 6) is 0.302. The molecule has 1 aliphatic rings. The average Bonchev–Trinajstić information content (AvgIpc) is 2.47. The highest BCUT2D eigenvalue weighted by atomic mass is 19.3. The van der Waals surface area contributed by atoms with E-state index < -0.39 is 6.61 Å². The zero-order chi connectivity index (χ0) is 14.5. The molecule has 1 unspecified atom stereocenters. The molecule has 0 aromatic heterocycles. The number of hydrogen-bond donors (Lipinski definition) is 1. The Balaban J connectivity index is 2.01. The SMILES string of the molecule is NCC1CCCN(C(=O)c2ccc(OC(F)F)cc2)C1. The van der Waals surface area contributed by atoms with E-state index in [0.717, 1.165) is 12.8 Å². The maximum absolute atomic E-state index is 12.3. The monoisotopic (exact) mass is 284 g/mol. The van der Waals surface area contributed by atoms with Crippen LogP contribution in [-0.2, 0) is 0 Å². The van der Waals surface area contributed by atoms with Gasteiger partial charge in [-0.2, -0.15) is 8.78 Å². The Kier molecular flexibility index (Phi) is 4.89. The summed E-state index contributed by atoms with van der Waals surface area (Å²) in [4.78, 5) is 14.1. The van der Waals surface area contributed by atoms with Crippen molar-refractivity contribution in [3.05, 3.63) is 29.8 Å². The van der Waals surface area contributed by atoms with Crippen molar-refractivity contribution in [1.82, 2.24) is 4.90 Å². The summed E-state index contributed by atoms with van der Waals surface area (Å²) in [5, 5.41) is 0. The number of benzene rings is 1. The number of nitrogens with two attached hydrogens (primary N) is 1. The van der Waals surface area contributed by atoms with Gasteiger partial charge in [0.2, 0.25) is 0 Å². The van der Waals surface area contributed by atoms with Crippen LogP contribution in [0, 0.1) is 5.92 Å². The first-order valence-corrected chi connectivity index (χ1v) is 6.64. The van der Waals surface area contributed by atoms with E-state index in [1.165, 1.54) is 24.3 Å². The van der Waals surface area contributed by atoms with E-state index in [2.05, 4.69) is 4.74 Å². The van der Waals surface area contributed by atoms with Gasteiger partial charge in [-0.1, -0.05) is 0 Å². The lowest BCUT2D eigenvalue weighted by atomic mass is 9.97. The highest BCUT2D eigenvalue weighted by Crippen LogP contribution is 2.20. The van der Waals surface area contributed by atoms with Crippen LogP contribution in [0.4, 0.5) is 8.78 Å². The van der Waals surface area contributed by atoms with Crippen LogP contribution in [0.1, 0.15) is 23.2 Å². The summed E-state index contributed by atoms with van der Waals surface area (Å²) in [5.41, 5.74) is 6.12. The molecule has 1 aliphatic heterocycles. The summed E-state index contributed by atoms with van der Waals surface area (Å²) in [7, 11) is 0. The van der Waals surface area contributed by atoms with E-state index in [4.69, 9.17) is 5.73 Å². The zero-order valence-corrected chi connectivity index (χ0v) is 11.1. The minimum Gasteiger partial charge on any atom is -0.435 e. The van der Waals surface area contributed by atoms with E-state index in [0.29, 0.717) is 31.1 Å². The summed E-state index contributed by atoms with van der Waals surface area (Å²) < 4.78 is 28.3. The molecule has 0 aliphatic carbocycles. The molecule has 1 atom stereocenters. The van der Waals surface area contributed by atoms with Crippen molar-refractivity contribution < 1.29 is 18.3 Å². The molecular weight excluding hydrogens is 266 g/mol. The quantitative estimate of drug-likeness (QED) is 0.921. The number of rotatable bonds is 4. The molecule has 1 aromatic rings. The fourth-order valence-corrected chi connectivity index (χ4v) is 2.40. The van der Waals surface area contributed by atoms with Crippen molar-refractivity contribution in [2.75, 3.05) is 19.6 Å². The van der Waals surface area contributed by atoms with Crippen molar-refractivity contribution in [3.63, 3.8) is 0 Å². The van der Waals surface area contributed by atoms with Crippen molar-refractivity contribution in [2.24, 2.45) is 11.7 Å². The standard InChI is InChI=1S/C14H18F2N2O2/c15-14(16)20-12-5-3-11(4-6-12)13(19)18-7-1-2-10(8-17)9-18/h3-6,10,14H,1-2,7-9,17H2. The van der Waals surface area contributed by atoms with E-state index in [1.807, 2.05) is 0 Å². The summed E-state index contributed by atoms with van der Waals surface area (Å²) in [6.07, 6.45) is 1.99. The van der Waals surface area contributed by atoms with Crippen molar-refractivity contribution >= 4 is 5.91 Å². The minimum absolute atomic E-state index is 0.0510. The number of piperidine rings is 1. The predicted octanol–water partition coefficient (Wildman–Crippen LogP) is 2.10. The maximum Gasteiger partial charge on any atom is 0.387 e. The second kappa shape index (κ2) is 6.65. The number of halogens is 2. The van der Waals surface area contributed by atoms with Crippen LogP contribution in [0.2, 0.25) is 0 Å². The average molecular weight is 284 g/mol. The van der Waals surface area contributed by atoms with Gasteiger partial charge in [0, 0.05) is 18.7 Å². The third-order valence-corrected chi connectivity index (χ3v) is 3.47. The molecule has 1 aromatic carbocycles. The molecule has 1 amide bonds. The van der Waals surface area contributed by atoms with Gasteiger partial charge in [-0.25, -0.2) is 0 Å². The van der Waals surface area contributed by atoms with Gasteiger partial charge in [0.25, 0.3) is 5.91 Å². The highest BCUT2D eigenvalue weighted by molar-refractivity contribution is 5.94. The topological polar surface area (TPSA) is 55.6 Å². The zero-order valence-electron chi connectivity index (χ0n) is 11.1. The Bertz CT molecular complexity index is 451. The molecule has 6 heteroatoms. The number of amides is 1. The third-order valence-electron chi connectivity index (χ3n) is 3.47. The Morgan fingerprint density at radius 3 is 2.70 bits per heavy atom. The van der Waals surface area contributed by atoms with Crippen molar-refractivity contribution in [1.29, 1.82) is 0 Å². The Hall–Kier alpha value is -1.69. The molecule has 1 heterocycles. The Labute approximate surface area is 116 Å². The Morgan fingerprint density at radius 2 is 2.10 bits per heavy atom. The van der Waals surface area contributed by atoms with Crippen LogP contribution in [0.5, 0.6) is 5.75 Å². The first-order valence-electron chi connectivity index (χ1n) is 6.64. The number of ether oxygens (including phenoxy) is 1. The normalized spacial score (nSPS) is 19.2. The fraction of sp³-hybridized carbons (Fsp3) is 0.500. The van der Waals surface area contributed by atoms with Crippen molar-refractivity contribution in [3.8, 4) is 5.75 Å². The number of likely N-dealkylation sites (tertiary alicyclic amines) is 1. The van der Waals surface area contributed by atoms with Crippen LogP contribution in [0.3, 0.4) is 0 Å². The lowest BCUT2D eigenvalue weighted by Gasteiger charge is -2.32. The molecule has 1 saturated heterocycles. The van der Waals surface area contributed by atoms with Gasteiger partial charge in [-0.05, 0) is 49.6 Å². The molecular formula is C14H18F2N2O2. The number of carbonyl (C=O) groups is 1. The molecule has 2 N–H and O–H groups in total. The largest absolute Gasteiger partial charge is 0.435 e. The molecule has 0 bridgehead atoms. The number of nitrogens with zero attached hydrogens (tertiary/aromatic N) is 1. The van der Waals surface area contributed by atoms with Crippen molar-refractivity contribution in [2.45, 2.75) is 19.5 Å². The van der Waals surface area contributed by atoms with Gasteiger partial charge in [-0.3, -0.25) is 4.79 Å². The van der Waals surface area contributed by atoms with Gasteiger partial charge < -0.3 is 15.4 Å². The number of carbonyl (C=O) groups excluding carboxylic acids is 1. The molecule has 1 fully saturated rings. The third kappa shape index (κ3) is 3.66. The van der Waals surface area contributed by atoms with Gasteiger partial charge in [-0.15, -0.1) is 0 Å². The van der Waals surface area contributed by atoms with Crippen LogP contribution in [-0.4, -0.2) is 37.1 Å². The molecule has 20 heavy (non-hydrogen) atoms. The van der Waals surface area contributed by atoms with E-state index in [1.54, 1.807) is 4.90 Å². The number of hydrogen-bond acceptors (Lipinski definition) is 3. The lowest BCUT2D eigenvalue weighted by Crippen LogP contribution is -2.42. The molecule has 0 radical (unpaired) electrons. The first-order chi connectivity index (χ1) is 9.60. The second-order valence-electron chi connectivity index (χ2n) is 4.90. The van der Waals surface area contributed by atoms with Crippen LogP contribution in [0.15, 0.2) is 24.3 Å². The summed E-state index contributed by atoms with van der Waals surface area (Å²) in [6, 6.07) is 5.77. The summed E-state index contributed by atoms with van der Waals surface area (Å²) >= 11 is 0. The van der Waals surface area contributed by atoms with Gasteiger partial charge in [0.15, 0.2) is 0 Å². The second-order valence-corrected chi connectivity index (χ2v) is 4.90. The maximum atomic E-state index is 12.3. The summed E-state index contributed by atoms with van der Waals surface area (Å²) in [6.45, 7) is -0.913. The van der Waals surface area contributed by atoms with E-state index in [-0.39, 0.29) is 11.7 Å². The molecule has 2 rings (SSSR count). The lowest BCUT2D eigenvalue weighted by molar-refractivity contribution is -0.0498. The van der Waals surface area contributed by atoms with E-state index >= 15 is 0 Å². The van der Waals surface area contributed by atoms with Gasteiger partial charge >= 0.3 is 6.61 Å². The molecule has 110 valence electrons. The van der Waals surface area contributed by atoms with Gasteiger partial charge in [0.1, 0.15) is 5.75 Å². The van der Waals surface area contributed by atoms with Crippen LogP contribution >= 0.6 is 0 Å². The van der Waals surface area contributed by atoms with Gasteiger partial charge in [0.05, 0.1) is 0 Å². The first kappa shape index (κ1) is 14.7.